The second-order valence-corrected chi connectivity index (χ2v) is 5.91. The van der Waals surface area contributed by atoms with Crippen LogP contribution in [-0.4, -0.2) is 25.0 Å². The van der Waals surface area contributed by atoms with Crippen molar-refractivity contribution in [1.29, 1.82) is 0 Å². The van der Waals surface area contributed by atoms with Gasteiger partial charge in [-0.15, -0.1) is 11.3 Å². The molecule has 1 aliphatic heterocycles. The van der Waals surface area contributed by atoms with Crippen molar-refractivity contribution in [3.05, 3.63) is 21.9 Å². The largest absolute Gasteiger partial charge is 0.306 e. The van der Waals surface area contributed by atoms with Crippen molar-refractivity contribution in [2.75, 3.05) is 20.1 Å². The number of hydrogen-bond donors (Lipinski definition) is 0. The van der Waals surface area contributed by atoms with Crippen LogP contribution in [0.3, 0.4) is 0 Å². The molecule has 0 N–H and O–H groups in total. The van der Waals surface area contributed by atoms with E-state index in [0.717, 1.165) is 11.8 Å². The molecular formula is C12H17NS. The summed E-state index contributed by atoms with van der Waals surface area (Å²) in [7, 11) is 2.23. The Labute approximate surface area is 89.7 Å². The summed E-state index contributed by atoms with van der Waals surface area (Å²) in [6.45, 7) is 2.55. The predicted molar refractivity (Wildman–Crippen MR) is 61.1 cm³/mol. The Kier molecular flexibility index (Phi) is 2.14. The minimum Gasteiger partial charge on any atom is -0.306 e. The maximum absolute atomic E-state index is 2.45. The van der Waals surface area contributed by atoms with Crippen molar-refractivity contribution in [3.63, 3.8) is 0 Å². The van der Waals surface area contributed by atoms with Gasteiger partial charge in [-0.2, -0.15) is 0 Å². The number of thiophene rings is 1. The van der Waals surface area contributed by atoms with Crippen LogP contribution >= 0.6 is 11.3 Å². The van der Waals surface area contributed by atoms with Gasteiger partial charge >= 0.3 is 0 Å². The summed E-state index contributed by atoms with van der Waals surface area (Å²) in [6, 6.07) is 4.75. The van der Waals surface area contributed by atoms with Gasteiger partial charge in [-0.25, -0.2) is 0 Å². The maximum atomic E-state index is 2.45. The Morgan fingerprint density at radius 2 is 1.86 bits per heavy atom. The van der Waals surface area contributed by atoms with Gasteiger partial charge in [0.1, 0.15) is 0 Å². The lowest BCUT2D eigenvalue weighted by Crippen LogP contribution is -2.12. The van der Waals surface area contributed by atoms with E-state index in [0.29, 0.717) is 0 Å². The fourth-order valence-corrected chi connectivity index (χ4v) is 3.65. The third-order valence-electron chi connectivity index (χ3n) is 3.42. The molecule has 14 heavy (non-hydrogen) atoms. The molecule has 0 aromatic carbocycles. The molecule has 0 amide bonds. The first-order valence-electron chi connectivity index (χ1n) is 5.61. The van der Waals surface area contributed by atoms with Crippen LogP contribution in [-0.2, 0) is 0 Å². The lowest BCUT2D eigenvalue weighted by atomic mass is 10.1. The van der Waals surface area contributed by atoms with Crippen molar-refractivity contribution in [2.24, 2.45) is 0 Å². The van der Waals surface area contributed by atoms with Gasteiger partial charge < -0.3 is 4.90 Å². The van der Waals surface area contributed by atoms with Crippen LogP contribution in [0.4, 0.5) is 0 Å². The highest BCUT2D eigenvalue weighted by molar-refractivity contribution is 7.12. The van der Waals surface area contributed by atoms with Crippen molar-refractivity contribution in [1.82, 2.24) is 4.90 Å². The number of rotatable bonds is 2. The smallest absolute Gasteiger partial charge is 0.00924 e. The van der Waals surface area contributed by atoms with Crippen LogP contribution in [0.1, 0.15) is 40.9 Å². The van der Waals surface area contributed by atoms with Gasteiger partial charge in [0.05, 0.1) is 0 Å². The minimum absolute atomic E-state index is 0.831. The molecule has 0 radical (unpaired) electrons. The number of hydrogen-bond acceptors (Lipinski definition) is 2. The minimum atomic E-state index is 0.831. The molecule has 1 nitrogen and oxygen atoms in total. The van der Waals surface area contributed by atoms with Crippen LogP contribution in [0.2, 0.25) is 0 Å². The van der Waals surface area contributed by atoms with Crippen LogP contribution < -0.4 is 0 Å². The van der Waals surface area contributed by atoms with E-state index in [1.54, 1.807) is 9.75 Å². The number of nitrogens with zero attached hydrogens (tertiary/aromatic N) is 1. The molecule has 1 aromatic heterocycles. The molecule has 1 saturated heterocycles. The Hall–Kier alpha value is -0.340. The van der Waals surface area contributed by atoms with E-state index in [2.05, 4.69) is 35.4 Å². The topological polar surface area (TPSA) is 3.24 Å². The standard InChI is InChI=1S/C12H17NS/c1-13-7-6-10(8-13)12-5-4-11(14-12)9-2-3-9/h4-5,9-10H,2-3,6-8H2,1H3. The lowest BCUT2D eigenvalue weighted by molar-refractivity contribution is 0.412. The van der Waals surface area contributed by atoms with Crippen LogP contribution in [0.25, 0.3) is 0 Å². The molecule has 1 atom stereocenters. The Morgan fingerprint density at radius 3 is 2.43 bits per heavy atom. The van der Waals surface area contributed by atoms with Crippen molar-refractivity contribution in [3.8, 4) is 0 Å². The molecule has 2 heteroatoms. The fraction of sp³-hybridized carbons (Fsp3) is 0.667. The Morgan fingerprint density at radius 1 is 1.14 bits per heavy atom. The predicted octanol–water partition coefficient (Wildman–Crippen LogP) is 3.04. The zero-order valence-electron chi connectivity index (χ0n) is 8.70. The zero-order valence-corrected chi connectivity index (χ0v) is 9.52. The third kappa shape index (κ3) is 1.61. The van der Waals surface area contributed by atoms with Crippen molar-refractivity contribution >= 4 is 11.3 Å². The van der Waals surface area contributed by atoms with Gasteiger partial charge in [-0.05, 0) is 50.9 Å². The maximum Gasteiger partial charge on any atom is 0.00924 e. The first-order valence-corrected chi connectivity index (χ1v) is 6.43. The molecule has 0 bridgehead atoms. The van der Waals surface area contributed by atoms with Crippen molar-refractivity contribution < 1.29 is 0 Å². The highest BCUT2D eigenvalue weighted by Crippen LogP contribution is 2.45. The first-order chi connectivity index (χ1) is 6.83. The first kappa shape index (κ1) is 8.93. The fourth-order valence-electron chi connectivity index (χ4n) is 2.34. The zero-order chi connectivity index (χ0) is 9.54. The molecule has 2 aliphatic rings. The SMILES string of the molecule is CN1CCC(c2ccc(C3CC3)s2)C1. The summed E-state index contributed by atoms with van der Waals surface area (Å²) in [5.41, 5.74) is 0. The average molecular weight is 207 g/mol. The average Bonchev–Trinajstić information content (AvgIpc) is 2.76. The Bertz CT molecular complexity index is 327. The van der Waals surface area contributed by atoms with E-state index < -0.39 is 0 Å². The molecule has 1 aromatic rings. The molecule has 1 unspecified atom stereocenters. The summed E-state index contributed by atoms with van der Waals surface area (Å²) in [5, 5.41) is 0. The van der Waals surface area contributed by atoms with Crippen LogP contribution in [0, 0.1) is 0 Å². The van der Waals surface area contributed by atoms with E-state index >= 15 is 0 Å². The second kappa shape index (κ2) is 3.35. The highest BCUT2D eigenvalue weighted by Gasteiger charge is 2.27. The van der Waals surface area contributed by atoms with E-state index in [-0.39, 0.29) is 0 Å². The normalized spacial score (nSPS) is 28.5. The summed E-state index contributed by atoms with van der Waals surface area (Å²) in [6.07, 6.45) is 4.23. The van der Waals surface area contributed by atoms with Gasteiger partial charge in [0.15, 0.2) is 0 Å². The monoisotopic (exact) mass is 207 g/mol. The quantitative estimate of drug-likeness (QED) is 0.720. The van der Waals surface area contributed by atoms with Crippen LogP contribution in [0.5, 0.6) is 0 Å². The molecule has 2 fully saturated rings. The molecule has 76 valence electrons. The van der Waals surface area contributed by atoms with Gasteiger partial charge in [-0.1, -0.05) is 0 Å². The summed E-state index contributed by atoms with van der Waals surface area (Å²) >= 11 is 2.08. The molecule has 0 spiro atoms. The van der Waals surface area contributed by atoms with Crippen molar-refractivity contribution in [2.45, 2.75) is 31.1 Å². The van der Waals surface area contributed by atoms with Gasteiger partial charge in [-0.3, -0.25) is 0 Å². The number of likely N-dealkylation sites (tertiary alicyclic amines) is 1. The highest BCUT2D eigenvalue weighted by atomic mass is 32.1. The Balaban J connectivity index is 1.75. The second-order valence-electron chi connectivity index (χ2n) is 4.76. The summed E-state index contributed by atoms with van der Waals surface area (Å²) in [4.78, 5) is 5.73. The molecule has 2 heterocycles. The molecule has 3 rings (SSSR count). The van der Waals surface area contributed by atoms with Gasteiger partial charge in [0, 0.05) is 22.2 Å². The summed E-state index contributed by atoms with van der Waals surface area (Å²) < 4.78 is 0. The molecule has 1 aliphatic carbocycles. The van der Waals surface area contributed by atoms with E-state index in [1.165, 1.54) is 32.4 Å². The van der Waals surface area contributed by atoms with Gasteiger partial charge in [0.2, 0.25) is 0 Å². The lowest BCUT2D eigenvalue weighted by Gasteiger charge is -2.07. The summed E-state index contributed by atoms with van der Waals surface area (Å²) in [5.74, 6) is 1.77. The molecule has 1 saturated carbocycles. The van der Waals surface area contributed by atoms with Crippen LogP contribution in [0.15, 0.2) is 12.1 Å². The van der Waals surface area contributed by atoms with E-state index in [9.17, 15) is 0 Å². The van der Waals surface area contributed by atoms with E-state index in [1.807, 2.05) is 0 Å². The molecular weight excluding hydrogens is 190 g/mol. The third-order valence-corrected chi connectivity index (χ3v) is 4.83. The van der Waals surface area contributed by atoms with E-state index in [4.69, 9.17) is 0 Å². The van der Waals surface area contributed by atoms with Gasteiger partial charge in [0.25, 0.3) is 0 Å². The number of likely N-dealkylation sites (N-methyl/N-ethyl adjacent to an activating group) is 1.